The molecule has 3 aromatic rings. The maximum atomic E-state index is 13.2. The van der Waals surface area contributed by atoms with Gasteiger partial charge >= 0.3 is 0 Å². The van der Waals surface area contributed by atoms with Crippen molar-refractivity contribution in [3.8, 4) is 0 Å². The number of β-amino-alcohol motifs (C(OH)–C–C–N with tert-alkyl or cyclic N) is 1. The maximum absolute atomic E-state index is 13.2. The van der Waals surface area contributed by atoms with Crippen LogP contribution in [0.15, 0.2) is 57.4 Å². The molecule has 0 saturated carbocycles. The van der Waals surface area contributed by atoms with Crippen LogP contribution in [0.4, 0.5) is 0 Å². The number of thioether (sulfide) groups is 1. The quantitative estimate of drug-likeness (QED) is 0.443. The van der Waals surface area contributed by atoms with Crippen LogP contribution in [-0.4, -0.2) is 90.2 Å². The molecule has 3 heterocycles. The summed E-state index contributed by atoms with van der Waals surface area (Å²) >= 11 is 7.88. The molecular weight excluding hydrogens is 534 g/mol. The van der Waals surface area contributed by atoms with Gasteiger partial charge in [-0.05, 0) is 52.7 Å². The number of rotatable bonds is 6. The highest BCUT2D eigenvalue weighted by atomic mass is 35.5. The molecule has 2 N–H and O–H groups in total. The van der Waals surface area contributed by atoms with Gasteiger partial charge in [0, 0.05) is 55.8 Å². The van der Waals surface area contributed by atoms with Crippen molar-refractivity contribution in [1.82, 2.24) is 20.0 Å². The number of aliphatic hydroxyl groups is 1. The van der Waals surface area contributed by atoms with Gasteiger partial charge in [-0.2, -0.15) is 10.1 Å². The highest BCUT2D eigenvalue weighted by molar-refractivity contribution is 8.18. The summed E-state index contributed by atoms with van der Waals surface area (Å²) in [6.45, 7) is 3.79. The van der Waals surface area contributed by atoms with E-state index in [1.54, 1.807) is 12.3 Å². The molecule has 1 fully saturated rings. The second kappa shape index (κ2) is 10.6. The molecule has 5 rings (SSSR count). The minimum Gasteiger partial charge on any atom is -0.395 e. The summed E-state index contributed by atoms with van der Waals surface area (Å²) < 4.78 is 23.9. The standard InChI is InChI=1S/C25H26ClN5O4S2/c1-37(34,35)19-4-2-17(21(26)14-19)13-20(16-3-5-22-18(12-16)15-27-29-22)23-24(33)28-25(36-23)31-8-6-30(7-9-31)10-11-32/h2-5,12,14-15,32H,6-11,13H2,1H3,(H,27,29). The first kappa shape index (κ1) is 25.9. The molecule has 1 amide bonds. The van der Waals surface area contributed by atoms with Crippen molar-refractivity contribution >= 4 is 60.8 Å². The van der Waals surface area contributed by atoms with Crippen molar-refractivity contribution in [2.75, 3.05) is 45.6 Å². The molecule has 2 aromatic carbocycles. The number of allylic oxidation sites excluding steroid dienone is 1. The first-order valence-electron chi connectivity index (χ1n) is 11.8. The van der Waals surface area contributed by atoms with Gasteiger partial charge in [-0.3, -0.25) is 14.8 Å². The zero-order chi connectivity index (χ0) is 26.2. The molecule has 12 heteroatoms. The van der Waals surface area contributed by atoms with E-state index < -0.39 is 9.84 Å². The molecular formula is C25H26ClN5O4S2. The number of hydrogen-bond acceptors (Lipinski definition) is 8. The zero-order valence-electron chi connectivity index (χ0n) is 20.1. The summed E-state index contributed by atoms with van der Waals surface area (Å²) in [7, 11) is -3.40. The summed E-state index contributed by atoms with van der Waals surface area (Å²) in [4.78, 5) is 22.6. The summed E-state index contributed by atoms with van der Waals surface area (Å²) in [5, 5.41) is 18.1. The number of sulfone groups is 1. The predicted octanol–water partition coefficient (Wildman–Crippen LogP) is 2.81. The van der Waals surface area contributed by atoms with Gasteiger partial charge in [0.25, 0.3) is 5.91 Å². The van der Waals surface area contributed by atoms with Crippen LogP contribution in [0, 0.1) is 0 Å². The lowest BCUT2D eigenvalue weighted by atomic mass is 9.96. The Bertz CT molecular complexity index is 1520. The highest BCUT2D eigenvalue weighted by Crippen LogP contribution is 2.38. The van der Waals surface area contributed by atoms with E-state index in [4.69, 9.17) is 11.6 Å². The number of carbonyl (C=O) groups is 1. The zero-order valence-corrected chi connectivity index (χ0v) is 22.5. The number of H-pyrrole nitrogens is 1. The van der Waals surface area contributed by atoms with Gasteiger partial charge in [0.05, 0.1) is 28.1 Å². The normalized spacial score (nSPS) is 18.5. The topological polar surface area (TPSA) is 119 Å². The second-order valence-corrected chi connectivity index (χ2v) is 12.4. The molecule has 0 radical (unpaired) electrons. The van der Waals surface area contributed by atoms with Crippen LogP contribution in [0.3, 0.4) is 0 Å². The van der Waals surface area contributed by atoms with E-state index in [-0.39, 0.29) is 17.4 Å². The summed E-state index contributed by atoms with van der Waals surface area (Å²) in [5.74, 6) is -0.302. The third-order valence-electron chi connectivity index (χ3n) is 6.53. The summed E-state index contributed by atoms with van der Waals surface area (Å²) in [6, 6.07) is 10.5. The Balaban J connectivity index is 1.49. The number of aliphatic imine (C=N–C) groups is 1. The molecule has 2 aliphatic heterocycles. The minimum atomic E-state index is -3.40. The first-order chi connectivity index (χ1) is 17.7. The van der Waals surface area contributed by atoms with Gasteiger partial charge in [-0.25, -0.2) is 8.42 Å². The SMILES string of the molecule is CS(=O)(=O)c1ccc(CC(=C2SC(N3CCN(CCO)CC3)=NC2=O)c2ccc3[nH]ncc3c2)c(Cl)c1. The van der Waals surface area contributed by atoms with Crippen LogP contribution < -0.4 is 0 Å². The Hall–Kier alpha value is -2.70. The van der Waals surface area contributed by atoms with Crippen molar-refractivity contribution in [2.45, 2.75) is 11.3 Å². The van der Waals surface area contributed by atoms with Crippen molar-refractivity contribution < 1.29 is 18.3 Å². The number of carbonyl (C=O) groups excluding carboxylic acids is 1. The van der Waals surface area contributed by atoms with Crippen LogP contribution in [0.2, 0.25) is 5.02 Å². The van der Waals surface area contributed by atoms with Crippen LogP contribution in [0.1, 0.15) is 11.1 Å². The van der Waals surface area contributed by atoms with Crippen molar-refractivity contribution in [1.29, 1.82) is 0 Å². The molecule has 194 valence electrons. The van der Waals surface area contributed by atoms with E-state index in [1.807, 2.05) is 18.2 Å². The minimum absolute atomic E-state index is 0.124. The Morgan fingerprint density at radius 3 is 2.65 bits per heavy atom. The smallest absolute Gasteiger partial charge is 0.286 e. The maximum Gasteiger partial charge on any atom is 0.286 e. The third kappa shape index (κ3) is 5.60. The lowest BCUT2D eigenvalue weighted by molar-refractivity contribution is -0.113. The van der Waals surface area contributed by atoms with Crippen LogP contribution >= 0.6 is 23.4 Å². The average molecular weight is 560 g/mol. The highest BCUT2D eigenvalue weighted by Gasteiger charge is 2.31. The van der Waals surface area contributed by atoms with Crippen LogP contribution in [0.5, 0.6) is 0 Å². The summed E-state index contributed by atoms with van der Waals surface area (Å²) in [6.07, 6.45) is 3.20. The van der Waals surface area contributed by atoms with Crippen LogP contribution in [0.25, 0.3) is 16.5 Å². The average Bonchev–Trinajstić information content (AvgIpc) is 3.49. The van der Waals surface area contributed by atoms with Gasteiger partial charge < -0.3 is 10.0 Å². The van der Waals surface area contributed by atoms with Gasteiger partial charge in [0.15, 0.2) is 15.0 Å². The number of fused-ring (bicyclic) bond motifs is 1. The summed E-state index contributed by atoms with van der Waals surface area (Å²) in [5.41, 5.74) is 3.21. The number of aromatic nitrogens is 2. The Labute approximate surface area is 224 Å². The number of nitrogens with zero attached hydrogens (tertiary/aromatic N) is 4. The Morgan fingerprint density at radius 2 is 1.95 bits per heavy atom. The number of amides is 1. The molecule has 0 bridgehead atoms. The van der Waals surface area contributed by atoms with Crippen LogP contribution in [-0.2, 0) is 21.1 Å². The fourth-order valence-corrected chi connectivity index (χ4v) is 6.49. The Morgan fingerprint density at radius 1 is 1.16 bits per heavy atom. The van der Waals surface area contributed by atoms with E-state index in [0.29, 0.717) is 33.6 Å². The number of aliphatic hydroxyl groups excluding tert-OH is 1. The number of amidine groups is 1. The first-order valence-corrected chi connectivity index (χ1v) is 14.9. The monoisotopic (exact) mass is 559 g/mol. The molecule has 0 aliphatic carbocycles. The number of nitrogens with one attached hydrogen (secondary N) is 1. The predicted molar refractivity (Wildman–Crippen MR) is 146 cm³/mol. The molecule has 9 nitrogen and oxygen atoms in total. The third-order valence-corrected chi connectivity index (χ3v) is 9.15. The van der Waals surface area contributed by atoms with Gasteiger partial charge in [0.1, 0.15) is 0 Å². The lowest BCUT2D eigenvalue weighted by Gasteiger charge is -2.34. The van der Waals surface area contributed by atoms with Gasteiger partial charge in [-0.15, -0.1) is 0 Å². The number of piperazine rings is 1. The number of aromatic amines is 1. The van der Waals surface area contributed by atoms with E-state index in [2.05, 4.69) is 25.0 Å². The Kier molecular flexibility index (Phi) is 7.42. The molecule has 0 unspecified atom stereocenters. The fourth-order valence-electron chi connectivity index (χ4n) is 4.46. The van der Waals surface area contributed by atoms with E-state index in [9.17, 15) is 18.3 Å². The van der Waals surface area contributed by atoms with Crippen molar-refractivity contribution in [3.63, 3.8) is 0 Å². The van der Waals surface area contributed by atoms with Gasteiger partial charge in [0.2, 0.25) is 0 Å². The molecule has 1 aromatic heterocycles. The van der Waals surface area contributed by atoms with Gasteiger partial charge in [-0.1, -0.05) is 23.7 Å². The number of hydrogen-bond donors (Lipinski definition) is 2. The molecule has 0 atom stereocenters. The molecule has 1 saturated heterocycles. The van der Waals surface area contributed by atoms with Crippen molar-refractivity contribution in [3.05, 3.63) is 63.6 Å². The number of benzene rings is 2. The van der Waals surface area contributed by atoms with E-state index in [1.165, 1.54) is 23.9 Å². The fraction of sp³-hybridized carbons (Fsp3) is 0.320. The number of halogens is 1. The lowest BCUT2D eigenvalue weighted by Crippen LogP contribution is -2.48. The second-order valence-electron chi connectivity index (χ2n) is 9.04. The molecule has 0 spiro atoms. The largest absolute Gasteiger partial charge is 0.395 e. The van der Waals surface area contributed by atoms with E-state index in [0.717, 1.165) is 54.5 Å². The van der Waals surface area contributed by atoms with Crippen molar-refractivity contribution in [2.24, 2.45) is 4.99 Å². The molecule has 2 aliphatic rings. The van der Waals surface area contributed by atoms with E-state index >= 15 is 0 Å². The molecule has 37 heavy (non-hydrogen) atoms.